The second-order valence-electron chi connectivity index (χ2n) is 6.97. The second kappa shape index (κ2) is 10.3. The molecule has 172 valence electrons. The molecule has 0 aliphatic carbocycles. The summed E-state index contributed by atoms with van der Waals surface area (Å²) in [6.45, 7) is 6.26. The molecule has 3 heterocycles. The fourth-order valence-corrected chi connectivity index (χ4v) is 3.19. The number of anilines is 1. The molecule has 1 aromatic carbocycles. The molecule has 10 nitrogen and oxygen atoms in total. The highest BCUT2D eigenvalue weighted by atomic mass is 35.5. The quantitative estimate of drug-likeness (QED) is 0.504. The van der Waals surface area contributed by atoms with Gasteiger partial charge in [0.1, 0.15) is 11.4 Å². The average Bonchev–Trinajstić information content (AvgIpc) is 2.98. The Morgan fingerprint density at radius 2 is 2.03 bits per heavy atom. The fourth-order valence-electron chi connectivity index (χ4n) is 3.19. The molecule has 0 spiro atoms. The van der Waals surface area contributed by atoms with Gasteiger partial charge in [-0.3, -0.25) is 9.59 Å². The number of fused-ring (bicyclic) bond motifs is 2. The van der Waals surface area contributed by atoms with Crippen molar-refractivity contribution in [3.8, 4) is 5.75 Å². The van der Waals surface area contributed by atoms with Crippen molar-refractivity contribution in [3.05, 3.63) is 51.2 Å². The number of carbonyl (C=O) groups is 2. The summed E-state index contributed by atoms with van der Waals surface area (Å²) in [6.07, 6.45) is 0. The number of aryl methyl sites for hydroxylation is 2. The second-order valence-corrected chi connectivity index (χ2v) is 6.97. The minimum atomic E-state index is -0.618. The third-order valence-electron chi connectivity index (χ3n) is 5.02. The van der Waals surface area contributed by atoms with E-state index < -0.39 is 5.97 Å². The van der Waals surface area contributed by atoms with Gasteiger partial charge in [0, 0.05) is 19.3 Å². The van der Waals surface area contributed by atoms with E-state index in [0.29, 0.717) is 29.0 Å². The summed E-state index contributed by atoms with van der Waals surface area (Å²) in [4.78, 5) is 41.1. The van der Waals surface area contributed by atoms with Crippen LogP contribution in [0, 0.1) is 13.8 Å². The standard InChI is InChI=1S/C12H15N3O3.C9H10N2O2.ClH/c1-5-18-12(17)9-13-10-8(11(16)14-9)6(2)7(3)15(10)4;10-4-6-1-2-8-7(3-6)11-9(12)5-13-8;/h5H2,1-4H3,(H,13,14,16);1-3H,4-5,10H2,(H,11,12);1H. The van der Waals surface area contributed by atoms with E-state index in [0.717, 1.165) is 16.8 Å². The highest BCUT2D eigenvalue weighted by Gasteiger charge is 2.18. The number of halogens is 1. The molecule has 0 radical (unpaired) electrons. The number of aromatic amines is 1. The van der Waals surface area contributed by atoms with Crippen LogP contribution in [0.25, 0.3) is 11.0 Å². The van der Waals surface area contributed by atoms with Crippen LogP contribution in [0.5, 0.6) is 5.75 Å². The number of rotatable bonds is 3. The maximum absolute atomic E-state index is 12.0. The van der Waals surface area contributed by atoms with Gasteiger partial charge in [0.05, 0.1) is 17.7 Å². The normalized spacial score (nSPS) is 12.0. The molecule has 4 rings (SSSR count). The van der Waals surface area contributed by atoms with Crippen molar-refractivity contribution < 1.29 is 19.1 Å². The third-order valence-corrected chi connectivity index (χ3v) is 5.02. The van der Waals surface area contributed by atoms with E-state index in [2.05, 4.69) is 15.3 Å². The Labute approximate surface area is 190 Å². The van der Waals surface area contributed by atoms with Crippen LogP contribution in [-0.4, -0.2) is 39.6 Å². The first-order valence-corrected chi connectivity index (χ1v) is 9.75. The Morgan fingerprint density at radius 1 is 1.31 bits per heavy atom. The van der Waals surface area contributed by atoms with Crippen molar-refractivity contribution in [1.29, 1.82) is 0 Å². The van der Waals surface area contributed by atoms with Gasteiger partial charge >= 0.3 is 5.97 Å². The number of hydrogen-bond donors (Lipinski definition) is 3. The third kappa shape index (κ3) is 4.92. The van der Waals surface area contributed by atoms with E-state index in [1.54, 1.807) is 11.5 Å². The van der Waals surface area contributed by atoms with Crippen LogP contribution in [0.1, 0.15) is 34.4 Å². The zero-order valence-corrected chi connectivity index (χ0v) is 19.1. The van der Waals surface area contributed by atoms with Crippen LogP contribution in [0.2, 0.25) is 0 Å². The lowest BCUT2D eigenvalue weighted by Gasteiger charge is -2.18. The number of benzene rings is 1. The van der Waals surface area contributed by atoms with E-state index in [-0.39, 0.29) is 42.9 Å². The van der Waals surface area contributed by atoms with Gasteiger partial charge in [0.25, 0.3) is 11.5 Å². The zero-order chi connectivity index (χ0) is 22.7. The molecule has 11 heteroatoms. The fraction of sp³-hybridized carbons (Fsp3) is 0.333. The minimum absolute atomic E-state index is 0. The number of ether oxygens (including phenoxy) is 2. The van der Waals surface area contributed by atoms with Crippen LogP contribution in [0.4, 0.5) is 5.69 Å². The van der Waals surface area contributed by atoms with Gasteiger partial charge in [-0.25, -0.2) is 9.78 Å². The molecular weight excluding hydrogens is 438 g/mol. The SMILES string of the molecule is CCOC(=O)c1nc2c(c(C)c(C)n2C)c(=O)[nH]1.Cl.NCc1ccc2c(c1)NC(=O)CO2. The van der Waals surface area contributed by atoms with Gasteiger partial charge in [-0.05, 0) is 44.0 Å². The monoisotopic (exact) mass is 463 g/mol. The number of hydrogen-bond acceptors (Lipinski definition) is 7. The maximum Gasteiger partial charge on any atom is 0.374 e. The number of amides is 1. The Morgan fingerprint density at radius 3 is 2.69 bits per heavy atom. The van der Waals surface area contributed by atoms with Gasteiger partial charge in [-0.1, -0.05) is 6.07 Å². The van der Waals surface area contributed by atoms with Crippen LogP contribution in [-0.2, 0) is 23.1 Å². The van der Waals surface area contributed by atoms with E-state index in [9.17, 15) is 14.4 Å². The summed E-state index contributed by atoms with van der Waals surface area (Å²) in [6, 6.07) is 5.53. The number of carbonyl (C=O) groups excluding carboxylic acids is 2. The van der Waals surface area contributed by atoms with Crippen LogP contribution in [0.15, 0.2) is 23.0 Å². The molecule has 0 atom stereocenters. The van der Waals surface area contributed by atoms with Crippen molar-refractivity contribution in [1.82, 2.24) is 14.5 Å². The number of H-pyrrole nitrogens is 1. The first kappa shape index (κ1) is 24.9. The van der Waals surface area contributed by atoms with E-state index in [1.807, 2.05) is 39.1 Å². The first-order chi connectivity index (χ1) is 14.8. The summed E-state index contributed by atoms with van der Waals surface area (Å²) in [7, 11) is 1.81. The molecule has 2 aromatic heterocycles. The minimum Gasteiger partial charge on any atom is -0.482 e. The Kier molecular flexibility index (Phi) is 8.01. The van der Waals surface area contributed by atoms with Gasteiger partial charge < -0.3 is 30.1 Å². The molecule has 1 amide bonds. The summed E-state index contributed by atoms with van der Waals surface area (Å²) < 4.78 is 11.8. The van der Waals surface area contributed by atoms with E-state index >= 15 is 0 Å². The molecule has 0 saturated heterocycles. The molecule has 1 aliphatic heterocycles. The van der Waals surface area contributed by atoms with Gasteiger partial charge in [0.15, 0.2) is 6.61 Å². The van der Waals surface area contributed by atoms with Gasteiger partial charge in [0.2, 0.25) is 5.82 Å². The van der Waals surface area contributed by atoms with Crippen LogP contribution in [0.3, 0.4) is 0 Å². The predicted molar refractivity (Wildman–Crippen MR) is 122 cm³/mol. The van der Waals surface area contributed by atoms with Gasteiger partial charge in [-0.2, -0.15) is 0 Å². The number of nitrogens with zero attached hydrogens (tertiary/aromatic N) is 2. The van der Waals surface area contributed by atoms with Crippen LogP contribution < -0.4 is 21.3 Å². The van der Waals surface area contributed by atoms with Crippen molar-refractivity contribution in [3.63, 3.8) is 0 Å². The molecule has 0 fully saturated rings. The molecule has 3 aromatic rings. The number of esters is 1. The van der Waals surface area contributed by atoms with E-state index in [4.69, 9.17) is 15.2 Å². The molecule has 32 heavy (non-hydrogen) atoms. The summed E-state index contributed by atoms with van der Waals surface area (Å²) >= 11 is 0. The largest absolute Gasteiger partial charge is 0.482 e. The van der Waals surface area contributed by atoms with Crippen LogP contribution >= 0.6 is 12.4 Å². The van der Waals surface area contributed by atoms with E-state index in [1.165, 1.54) is 0 Å². The van der Waals surface area contributed by atoms with Crippen molar-refractivity contribution in [2.75, 3.05) is 18.5 Å². The van der Waals surface area contributed by atoms with Crippen molar-refractivity contribution in [2.24, 2.45) is 12.8 Å². The predicted octanol–water partition coefficient (Wildman–Crippen LogP) is 1.95. The molecular formula is C21H26ClN5O5. The van der Waals surface area contributed by atoms with Gasteiger partial charge in [-0.15, -0.1) is 12.4 Å². The number of nitrogens with one attached hydrogen (secondary N) is 2. The molecule has 1 aliphatic rings. The highest BCUT2D eigenvalue weighted by molar-refractivity contribution is 5.95. The molecule has 0 saturated carbocycles. The number of aromatic nitrogens is 3. The zero-order valence-electron chi connectivity index (χ0n) is 18.3. The molecule has 0 unspecified atom stereocenters. The topological polar surface area (TPSA) is 141 Å². The smallest absolute Gasteiger partial charge is 0.374 e. The summed E-state index contributed by atoms with van der Waals surface area (Å²) in [5, 5.41) is 3.23. The Bertz CT molecular complexity index is 1220. The maximum atomic E-state index is 12.0. The lowest BCUT2D eigenvalue weighted by molar-refractivity contribution is -0.118. The Hall–Kier alpha value is -3.37. The van der Waals surface area contributed by atoms with Crippen molar-refractivity contribution in [2.45, 2.75) is 27.3 Å². The lowest BCUT2D eigenvalue weighted by Crippen LogP contribution is -2.25. The molecule has 4 N–H and O–H groups in total. The summed E-state index contributed by atoms with van der Waals surface area (Å²) in [5.41, 5.74) is 9.15. The van der Waals surface area contributed by atoms with Crippen molar-refractivity contribution >= 4 is 41.0 Å². The average molecular weight is 464 g/mol. The summed E-state index contributed by atoms with van der Waals surface area (Å²) in [5.74, 6) is -0.0959. The Balaban J connectivity index is 0.000000230. The molecule has 0 bridgehead atoms. The number of nitrogens with two attached hydrogens (primary N) is 1. The highest BCUT2D eigenvalue weighted by Crippen LogP contribution is 2.28. The first-order valence-electron chi connectivity index (χ1n) is 9.75. The lowest BCUT2D eigenvalue weighted by atomic mass is 10.1.